The number of non-ortho nitro benzene ring substituents is 1. The van der Waals surface area contributed by atoms with Crippen molar-refractivity contribution in [2.24, 2.45) is 11.3 Å². The number of anilines is 3. The molecule has 1 aromatic heterocycles. The summed E-state index contributed by atoms with van der Waals surface area (Å²) in [5.74, 6) is 0.416. The second-order valence-electron chi connectivity index (χ2n) is 18.6. The number of nitro benzene ring substituents is 1. The van der Waals surface area contributed by atoms with E-state index in [4.69, 9.17) is 14.2 Å². The smallest absolute Gasteiger partial charge is 0.489 e. The molecule has 4 aromatic rings. The fourth-order valence-corrected chi connectivity index (χ4v) is 9.95. The van der Waals surface area contributed by atoms with Gasteiger partial charge >= 0.3 is 12.4 Å². The van der Waals surface area contributed by atoms with Gasteiger partial charge in [-0.2, -0.15) is 0 Å². The number of ether oxygens (including phenoxy) is 4. The maximum absolute atomic E-state index is 14.1. The molecule has 1 saturated carbocycles. The van der Waals surface area contributed by atoms with E-state index in [-0.39, 0.29) is 59.2 Å². The Labute approximate surface area is 408 Å². The molecule has 3 heterocycles. The molecule has 1 saturated heterocycles. The van der Waals surface area contributed by atoms with Gasteiger partial charge in [0.2, 0.25) is 0 Å². The first kappa shape index (κ1) is 51.3. The molecule has 0 bridgehead atoms. The van der Waals surface area contributed by atoms with Crippen molar-refractivity contribution in [3.63, 3.8) is 0 Å². The van der Waals surface area contributed by atoms with Crippen molar-refractivity contribution < 1.29 is 46.6 Å². The molecule has 2 fully saturated rings. The summed E-state index contributed by atoms with van der Waals surface area (Å²) >= 11 is 3.55. The average Bonchev–Trinajstić information content (AvgIpc) is 3.81. The first-order valence-corrected chi connectivity index (χ1v) is 24.1. The molecule has 7 rings (SSSR count). The Morgan fingerprint density at radius 3 is 2.55 bits per heavy atom. The minimum absolute atomic E-state index is 0.0565. The van der Waals surface area contributed by atoms with E-state index in [2.05, 4.69) is 65.3 Å². The third-order valence-corrected chi connectivity index (χ3v) is 13.8. The molecule has 3 N–H and O–H groups in total. The highest BCUT2D eigenvalue weighted by Crippen LogP contribution is 2.52. The summed E-state index contributed by atoms with van der Waals surface area (Å²) in [6.07, 6.45) is 3.53. The lowest BCUT2D eigenvalue weighted by atomic mass is 9.69. The number of unbranched alkanes of at least 4 members (excludes halogenated alkanes) is 2. The fraction of sp³-hybridized carbons (Fsp3) is 0.510. The number of alkyl halides is 3. The molecule has 20 heteroatoms. The maximum Gasteiger partial charge on any atom is 0.573 e. The number of benzene rings is 3. The average molecular weight is 1030 g/mol. The first-order valence-electron chi connectivity index (χ1n) is 23.3. The van der Waals surface area contributed by atoms with Gasteiger partial charge in [-0.25, -0.2) is 9.78 Å². The summed E-state index contributed by atoms with van der Waals surface area (Å²) in [5.41, 5.74) is 3.78. The van der Waals surface area contributed by atoms with Gasteiger partial charge in [0.25, 0.3) is 11.6 Å². The van der Waals surface area contributed by atoms with Crippen LogP contribution in [0.25, 0.3) is 0 Å². The van der Waals surface area contributed by atoms with Crippen LogP contribution in [0.1, 0.15) is 85.5 Å². The fourth-order valence-electron chi connectivity index (χ4n) is 9.61. The molecule has 3 unspecified atom stereocenters. The minimum atomic E-state index is -4.86. The summed E-state index contributed by atoms with van der Waals surface area (Å²) in [4.78, 5) is 50.6. The predicted octanol–water partition coefficient (Wildman–Crippen LogP) is 10.1. The summed E-state index contributed by atoms with van der Waals surface area (Å²) in [6, 6.07) is 13.0. The number of hydrogen-bond acceptors (Lipinski definition) is 12. The Balaban J connectivity index is 0.885. The summed E-state index contributed by atoms with van der Waals surface area (Å²) < 4.78 is 62.0. The third-order valence-electron chi connectivity index (χ3n) is 13.0. The first-order chi connectivity index (χ1) is 32.9. The highest BCUT2D eigenvalue weighted by Gasteiger charge is 2.47. The summed E-state index contributed by atoms with van der Waals surface area (Å²) in [5, 5.41) is 20.8. The van der Waals surface area contributed by atoms with Crippen LogP contribution < -0.4 is 25.4 Å². The van der Waals surface area contributed by atoms with Crippen molar-refractivity contribution in [3.05, 3.63) is 104 Å². The van der Waals surface area contributed by atoms with Crippen molar-refractivity contribution in [1.82, 2.24) is 19.8 Å². The number of halogens is 4. The Morgan fingerprint density at radius 1 is 1.01 bits per heavy atom. The number of amides is 3. The lowest BCUT2D eigenvalue weighted by Crippen LogP contribution is -2.52. The molecule has 372 valence electrons. The molecule has 69 heavy (non-hydrogen) atoms. The largest absolute Gasteiger partial charge is 0.573 e. The quantitative estimate of drug-likeness (QED) is 0.0434. The van der Waals surface area contributed by atoms with E-state index in [1.54, 1.807) is 29.3 Å². The van der Waals surface area contributed by atoms with Crippen LogP contribution in [0.15, 0.2) is 71.5 Å². The molecule has 1 aliphatic carbocycles. The zero-order chi connectivity index (χ0) is 49.3. The number of aryl methyl sites for hydroxylation is 2. The third kappa shape index (κ3) is 14.0. The number of nitrogens with one attached hydrogen (secondary N) is 3. The van der Waals surface area contributed by atoms with Gasteiger partial charge in [-0.3, -0.25) is 30.1 Å². The van der Waals surface area contributed by atoms with Crippen molar-refractivity contribution in [2.45, 2.75) is 90.6 Å². The molecule has 3 aromatic carbocycles. The van der Waals surface area contributed by atoms with E-state index in [9.17, 15) is 32.9 Å². The normalized spacial score (nSPS) is 19.2. The van der Waals surface area contributed by atoms with Crippen LogP contribution in [-0.2, 0) is 9.47 Å². The highest BCUT2D eigenvalue weighted by molar-refractivity contribution is 9.10. The van der Waals surface area contributed by atoms with Gasteiger partial charge in [-0.1, -0.05) is 36.2 Å². The van der Waals surface area contributed by atoms with Crippen molar-refractivity contribution >= 4 is 50.7 Å². The second kappa shape index (κ2) is 22.9. The van der Waals surface area contributed by atoms with Gasteiger partial charge in [0.15, 0.2) is 5.82 Å². The number of aromatic nitrogens is 2. The van der Waals surface area contributed by atoms with E-state index in [1.165, 1.54) is 24.4 Å². The number of rotatable bonds is 20. The van der Waals surface area contributed by atoms with Crippen LogP contribution >= 0.6 is 15.9 Å². The monoisotopic (exact) mass is 1020 g/mol. The van der Waals surface area contributed by atoms with Gasteiger partial charge in [-0.15, -0.1) is 13.2 Å². The molecular weight excluding hydrogens is 965 g/mol. The van der Waals surface area contributed by atoms with Gasteiger partial charge in [0, 0.05) is 72.1 Å². The molecule has 0 spiro atoms. The van der Waals surface area contributed by atoms with Gasteiger partial charge in [0.1, 0.15) is 24.2 Å². The van der Waals surface area contributed by atoms with E-state index in [0.717, 1.165) is 90.7 Å². The molecule has 0 radical (unpaired) electrons. The minimum Gasteiger partial charge on any atom is -0.489 e. The number of fused-ring (bicyclic) bond motifs is 3. The highest BCUT2D eigenvalue weighted by atomic mass is 79.9. The molecule has 3 aliphatic rings. The van der Waals surface area contributed by atoms with E-state index in [1.807, 2.05) is 19.9 Å². The van der Waals surface area contributed by atoms with E-state index < -0.39 is 23.6 Å². The number of carbonyl (C=O) groups excluding carboxylic acids is 2. The number of hydrogen-bond donors (Lipinski definition) is 3. The van der Waals surface area contributed by atoms with E-state index >= 15 is 0 Å². The lowest BCUT2D eigenvalue weighted by Gasteiger charge is -2.47. The predicted molar refractivity (Wildman–Crippen MR) is 258 cm³/mol. The Kier molecular flexibility index (Phi) is 17.0. The van der Waals surface area contributed by atoms with Crippen LogP contribution in [0.2, 0.25) is 0 Å². The number of carbonyl (C=O) groups is 2. The zero-order valence-corrected chi connectivity index (χ0v) is 40.9. The second-order valence-corrected chi connectivity index (χ2v) is 19.5. The molecule has 16 nitrogen and oxygen atoms in total. The van der Waals surface area contributed by atoms with Gasteiger partial charge in [-0.05, 0) is 118 Å². The number of morpholine rings is 1. The summed E-state index contributed by atoms with van der Waals surface area (Å²) in [7, 11) is 0. The summed E-state index contributed by atoms with van der Waals surface area (Å²) in [6.45, 7) is 12.5. The van der Waals surface area contributed by atoms with Gasteiger partial charge < -0.3 is 34.5 Å². The molecule has 2 aliphatic heterocycles. The molecule has 4 atom stereocenters. The SMILES string of the molecule is Cc1cnc(NC(=O)Nc2cc(Br)c(C)cc2OC[C@@H]2CN(CCCCCOCCN(CC(C)(C)C3Nc4ccc([N+](=O)[O-])cc4C4CCCC43)C(=O)c3ccc(OC(F)(F)F)cc3)CCO2)cn1. The van der Waals surface area contributed by atoms with E-state index in [0.29, 0.717) is 50.2 Å². The Bertz CT molecular complexity index is 2410. The van der Waals surface area contributed by atoms with Crippen LogP contribution in [0, 0.1) is 35.3 Å². The van der Waals surface area contributed by atoms with Crippen LogP contribution in [0.5, 0.6) is 11.5 Å². The van der Waals surface area contributed by atoms with Crippen molar-refractivity contribution in [2.75, 3.05) is 75.1 Å². The van der Waals surface area contributed by atoms with Crippen LogP contribution in [0.4, 0.5) is 40.8 Å². The number of nitrogens with zero attached hydrogens (tertiary/aromatic N) is 5. The molecular formula is C49H60BrF3N8O8. The number of nitro groups is 1. The van der Waals surface area contributed by atoms with Crippen LogP contribution in [0.3, 0.4) is 0 Å². The van der Waals surface area contributed by atoms with Crippen molar-refractivity contribution in [3.8, 4) is 11.5 Å². The van der Waals surface area contributed by atoms with Gasteiger partial charge in [0.05, 0.1) is 41.9 Å². The maximum atomic E-state index is 14.1. The van der Waals surface area contributed by atoms with Crippen molar-refractivity contribution in [1.29, 1.82) is 0 Å². The number of urea groups is 1. The van der Waals surface area contributed by atoms with Crippen LogP contribution in [-0.4, -0.2) is 114 Å². The topological polar surface area (TPSA) is 183 Å². The Morgan fingerprint density at radius 2 is 1.81 bits per heavy atom. The zero-order valence-electron chi connectivity index (χ0n) is 39.3. The standard InChI is InChI=1S/C49H60BrF3N8O8/c1-31-23-43(42(25-40(31)50)57-47(63)58-44-27-54-32(2)26-55-44)68-29-36-28-59(18-22-67-36)17-6-5-7-20-66-21-19-60(46(62)33-11-14-35(15-12-33)69-49(51,52)53)30-48(3,4)45-38-10-8-9-37(38)39-24-34(61(64)65)13-16-41(39)56-45/h11-16,23-27,36-38,45,56H,5-10,17-22,28-30H2,1-4H3,(H2,55,57,58,63)/t36-,37?,38?,45?/m0/s1. The molecule has 3 amide bonds. The Hall–Kier alpha value is -5.57. The lowest BCUT2D eigenvalue weighted by molar-refractivity contribution is -0.384.